The Hall–Kier alpha value is -3.08. The van der Waals surface area contributed by atoms with Crippen LogP contribution >= 0.6 is 0 Å². The third-order valence-corrected chi connectivity index (χ3v) is 4.00. The summed E-state index contributed by atoms with van der Waals surface area (Å²) in [6.07, 6.45) is 2.83. The van der Waals surface area contributed by atoms with Gasteiger partial charge in [0.05, 0.1) is 20.1 Å². The van der Waals surface area contributed by atoms with Gasteiger partial charge in [-0.2, -0.15) is 0 Å². The highest BCUT2D eigenvalue weighted by atomic mass is 16.5. The molecule has 0 fully saturated rings. The molecular weight excluding hydrogens is 328 g/mol. The van der Waals surface area contributed by atoms with Crippen LogP contribution in [0.5, 0.6) is 11.5 Å². The van der Waals surface area contributed by atoms with Crippen LogP contribution in [-0.4, -0.2) is 31.2 Å². The first-order valence-corrected chi connectivity index (χ1v) is 8.62. The Bertz CT molecular complexity index is 875. The topological polar surface area (TPSA) is 60.5 Å². The molecule has 0 saturated heterocycles. The molecule has 134 valence electrons. The van der Waals surface area contributed by atoms with Gasteiger partial charge in [-0.05, 0) is 36.2 Å². The molecule has 0 unspecified atom stereocenters. The van der Waals surface area contributed by atoms with Crippen molar-refractivity contribution in [3.63, 3.8) is 0 Å². The number of amides is 1. The number of benzene rings is 2. The van der Waals surface area contributed by atoms with Gasteiger partial charge in [0, 0.05) is 18.1 Å². The van der Waals surface area contributed by atoms with Gasteiger partial charge in [-0.3, -0.25) is 9.78 Å². The number of fused-ring (bicyclic) bond motifs is 1. The molecule has 3 rings (SSSR count). The third kappa shape index (κ3) is 4.72. The SMILES string of the molecule is COc1cccc(CC(=O)NCCCOc2cccc3cccnc23)c1. The minimum absolute atomic E-state index is 0.00918. The minimum Gasteiger partial charge on any atom is -0.497 e. The number of nitrogens with zero attached hydrogens (tertiary/aromatic N) is 1. The van der Waals surface area contributed by atoms with Gasteiger partial charge < -0.3 is 14.8 Å². The Labute approximate surface area is 153 Å². The fourth-order valence-electron chi connectivity index (χ4n) is 2.71. The fraction of sp³-hybridized carbons (Fsp3) is 0.238. The lowest BCUT2D eigenvalue weighted by Gasteiger charge is -2.09. The lowest BCUT2D eigenvalue weighted by atomic mass is 10.1. The first-order chi connectivity index (χ1) is 12.8. The first kappa shape index (κ1) is 17.7. The number of ether oxygens (including phenoxy) is 2. The van der Waals surface area contributed by atoms with Crippen LogP contribution in [0.1, 0.15) is 12.0 Å². The minimum atomic E-state index is -0.00918. The molecule has 3 aromatic rings. The van der Waals surface area contributed by atoms with Crippen LogP contribution in [0.2, 0.25) is 0 Å². The van der Waals surface area contributed by atoms with E-state index in [0.717, 1.165) is 34.4 Å². The zero-order chi connectivity index (χ0) is 18.2. The van der Waals surface area contributed by atoms with Gasteiger partial charge in [-0.15, -0.1) is 0 Å². The molecule has 0 spiro atoms. The number of hydrogen-bond donors (Lipinski definition) is 1. The second kappa shape index (κ2) is 8.85. The Morgan fingerprint density at radius 2 is 1.96 bits per heavy atom. The molecule has 1 amide bonds. The number of rotatable bonds is 8. The van der Waals surface area contributed by atoms with E-state index in [2.05, 4.69) is 10.3 Å². The number of hydrogen-bond acceptors (Lipinski definition) is 4. The predicted octanol–water partition coefficient (Wildman–Crippen LogP) is 3.37. The van der Waals surface area contributed by atoms with Crippen LogP contribution < -0.4 is 14.8 Å². The van der Waals surface area contributed by atoms with Gasteiger partial charge in [-0.25, -0.2) is 0 Å². The molecular formula is C21H22N2O3. The predicted molar refractivity (Wildman–Crippen MR) is 102 cm³/mol. The summed E-state index contributed by atoms with van der Waals surface area (Å²) in [4.78, 5) is 16.4. The lowest BCUT2D eigenvalue weighted by Crippen LogP contribution is -2.27. The maximum absolute atomic E-state index is 12.0. The monoisotopic (exact) mass is 350 g/mol. The summed E-state index contributed by atoms with van der Waals surface area (Å²) < 4.78 is 11.0. The second-order valence-electron chi connectivity index (χ2n) is 5.91. The number of para-hydroxylation sites is 1. The zero-order valence-electron chi connectivity index (χ0n) is 14.8. The highest BCUT2D eigenvalue weighted by Crippen LogP contribution is 2.22. The van der Waals surface area contributed by atoms with Crippen LogP contribution in [0.4, 0.5) is 0 Å². The van der Waals surface area contributed by atoms with E-state index < -0.39 is 0 Å². The van der Waals surface area contributed by atoms with Gasteiger partial charge in [0.1, 0.15) is 17.0 Å². The van der Waals surface area contributed by atoms with Crippen LogP contribution in [0.25, 0.3) is 10.9 Å². The van der Waals surface area contributed by atoms with Crippen molar-refractivity contribution >= 4 is 16.8 Å². The molecule has 0 aliphatic rings. The van der Waals surface area contributed by atoms with Gasteiger partial charge >= 0.3 is 0 Å². The fourth-order valence-corrected chi connectivity index (χ4v) is 2.71. The summed E-state index contributed by atoms with van der Waals surface area (Å²) in [7, 11) is 1.62. The molecule has 0 saturated carbocycles. The zero-order valence-corrected chi connectivity index (χ0v) is 14.8. The number of methoxy groups -OCH3 is 1. The van der Waals surface area contributed by atoms with E-state index in [1.54, 1.807) is 13.3 Å². The summed E-state index contributed by atoms with van der Waals surface area (Å²) in [5.74, 6) is 1.52. The second-order valence-corrected chi connectivity index (χ2v) is 5.91. The Morgan fingerprint density at radius 3 is 2.85 bits per heavy atom. The van der Waals surface area contributed by atoms with Crippen molar-refractivity contribution in [1.82, 2.24) is 10.3 Å². The largest absolute Gasteiger partial charge is 0.497 e. The van der Waals surface area contributed by atoms with Crippen molar-refractivity contribution in [3.05, 3.63) is 66.4 Å². The molecule has 1 aromatic heterocycles. The standard InChI is InChI=1S/C21H22N2O3/c1-25-18-9-2-6-16(14-18)15-20(24)22-12-5-13-26-19-10-3-7-17-8-4-11-23-21(17)19/h2-4,6-11,14H,5,12-13,15H2,1H3,(H,22,24). The lowest BCUT2D eigenvalue weighted by molar-refractivity contribution is -0.120. The Balaban J connectivity index is 1.41. The number of carbonyl (C=O) groups is 1. The Kier molecular flexibility index (Phi) is 6.04. The van der Waals surface area contributed by atoms with E-state index in [9.17, 15) is 4.79 Å². The summed E-state index contributed by atoms with van der Waals surface area (Å²) in [6, 6.07) is 17.3. The summed E-state index contributed by atoms with van der Waals surface area (Å²) >= 11 is 0. The van der Waals surface area contributed by atoms with Crippen molar-refractivity contribution in [1.29, 1.82) is 0 Å². The highest BCUT2D eigenvalue weighted by molar-refractivity contribution is 5.84. The van der Waals surface area contributed by atoms with Crippen LogP contribution in [0, 0.1) is 0 Å². The van der Waals surface area contributed by atoms with Gasteiger partial charge in [-0.1, -0.05) is 30.3 Å². The van der Waals surface area contributed by atoms with Crippen molar-refractivity contribution in [3.8, 4) is 11.5 Å². The number of pyridine rings is 1. The molecule has 2 aromatic carbocycles. The summed E-state index contributed by atoms with van der Waals surface area (Å²) in [5, 5.41) is 3.97. The van der Waals surface area contributed by atoms with Crippen LogP contribution in [-0.2, 0) is 11.2 Å². The van der Waals surface area contributed by atoms with E-state index in [4.69, 9.17) is 9.47 Å². The number of carbonyl (C=O) groups excluding carboxylic acids is 1. The molecule has 26 heavy (non-hydrogen) atoms. The van der Waals surface area contributed by atoms with Crippen molar-refractivity contribution in [2.75, 3.05) is 20.3 Å². The van der Waals surface area contributed by atoms with Crippen molar-refractivity contribution < 1.29 is 14.3 Å². The average Bonchev–Trinajstić information content (AvgIpc) is 2.68. The average molecular weight is 350 g/mol. The smallest absolute Gasteiger partial charge is 0.224 e. The summed E-state index contributed by atoms with van der Waals surface area (Å²) in [6.45, 7) is 1.09. The third-order valence-electron chi connectivity index (χ3n) is 4.00. The molecule has 0 aliphatic heterocycles. The molecule has 1 N–H and O–H groups in total. The van der Waals surface area contributed by atoms with Crippen molar-refractivity contribution in [2.24, 2.45) is 0 Å². The first-order valence-electron chi connectivity index (χ1n) is 8.62. The van der Waals surface area contributed by atoms with E-state index >= 15 is 0 Å². The van der Waals surface area contributed by atoms with E-state index in [-0.39, 0.29) is 5.91 Å². The molecule has 0 bridgehead atoms. The molecule has 1 heterocycles. The quantitative estimate of drug-likeness (QED) is 0.633. The molecule has 5 heteroatoms. The van der Waals surface area contributed by atoms with Crippen LogP contribution in [0.3, 0.4) is 0 Å². The van der Waals surface area contributed by atoms with Crippen molar-refractivity contribution in [2.45, 2.75) is 12.8 Å². The molecule has 0 aliphatic carbocycles. The van der Waals surface area contributed by atoms with E-state index in [1.807, 2.05) is 54.6 Å². The van der Waals surface area contributed by atoms with Gasteiger partial charge in [0.25, 0.3) is 0 Å². The van der Waals surface area contributed by atoms with E-state index in [1.165, 1.54) is 0 Å². The Morgan fingerprint density at radius 1 is 1.12 bits per heavy atom. The highest BCUT2D eigenvalue weighted by Gasteiger charge is 2.05. The maximum atomic E-state index is 12.0. The molecule has 0 radical (unpaired) electrons. The normalized spacial score (nSPS) is 10.5. The van der Waals surface area contributed by atoms with Gasteiger partial charge in [0.2, 0.25) is 5.91 Å². The summed E-state index contributed by atoms with van der Waals surface area (Å²) in [5.41, 5.74) is 1.79. The van der Waals surface area contributed by atoms with Gasteiger partial charge in [0.15, 0.2) is 0 Å². The number of nitrogens with one attached hydrogen (secondary N) is 1. The molecule has 5 nitrogen and oxygen atoms in total. The van der Waals surface area contributed by atoms with Crippen LogP contribution in [0.15, 0.2) is 60.8 Å². The maximum Gasteiger partial charge on any atom is 0.224 e. The number of aromatic nitrogens is 1. The van der Waals surface area contributed by atoms with E-state index in [0.29, 0.717) is 19.6 Å². The molecule has 0 atom stereocenters.